The van der Waals surface area contributed by atoms with E-state index in [4.69, 9.17) is 0 Å². The highest BCUT2D eigenvalue weighted by Gasteiger charge is 2.20. The predicted octanol–water partition coefficient (Wildman–Crippen LogP) is 2.04. The molecule has 0 aromatic heterocycles. The molecule has 1 unspecified atom stereocenters. The van der Waals surface area contributed by atoms with Crippen molar-refractivity contribution in [2.45, 2.75) is 72.1 Å². The summed E-state index contributed by atoms with van der Waals surface area (Å²) in [4.78, 5) is 11.4. The van der Waals surface area contributed by atoms with Gasteiger partial charge in [0.05, 0.1) is 0 Å². The van der Waals surface area contributed by atoms with Crippen molar-refractivity contribution in [3.63, 3.8) is 0 Å². The predicted molar refractivity (Wildman–Crippen MR) is 65.6 cm³/mol. The molecule has 1 atom stereocenters. The van der Waals surface area contributed by atoms with Gasteiger partial charge < -0.3 is 5.11 Å². The van der Waals surface area contributed by atoms with Crippen molar-refractivity contribution in [2.24, 2.45) is 0 Å². The van der Waals surface area contributed by atoms with E-state index in [1.165, 1.54) is 11.9 Å². The molecule has 2 N–H and O–H groups in total. The van der Waals surface area contributed by atoms with Crippen LogP contribution in [-0.4, -0.2) is 28.3 Å². The largest absolute Gasteiger partial charge is 0.372 e. The first-order valence-corrected chi connectivity index (χ1v) is 6.30. The Bertz CT molecular complexity index is 193. The van der Waals surface area contributed by atoms with Crippen LogP contribution in [0.1, 0.15) is 59.8 Å². The van der Waals surface area contributed by atoms with Gasteiger partial charge in [0.25, 0.3) is 0 Å². The Balaban J connectivity index is 4.30. The summed E-state index contributed by atoms with van der Waals surface area (Å²) in [5.74, 6) is -0.129. The number of hydrogen-bond acceptors (Lipinski definition) is 3. The lowest BCUT2D eigenvalue weighted by Crippen LogP contribution is -2.52. The van der Waals surface area contributed by atoms with Crippen LogP contribution in [0.4, 0.5) is 0 Å². The van der Waals surface area contributed by atoms with Crippen molar-refractivity contribution in [1.82, 2.24) is 10.4 Å². The fraction of sp³-hybridized carbons (Fsp3) is 0.917. The van der Waals surface area contributed by atoms with Crippen LogP contribution < -0.4 is 5.43 Å². The van der Waals surface area contributed by atoms with Crippen molar-refractivity contribution in [3.05, 3.63) is 0 Å². The third kappa shape index (κ3) is 5.47. The van der Waals surface area contributed by atoms with Gasteiger partial charge in [-0.05, 0) is 25.7 Å². The molecule has 0 fully saturated rings. The minimum Gasteiger partial charge on any atom is -0.372 e. The van der Waals surface area contributed by atoms with Crippen molar-refractivity contribution < 1.29 is 9.90 Å². The number of aliphatic hydroxyl groups is 1. The molecule has 0 saturated carbocycles. The highest BCUT2D eigenvalue weighted by atomic mass is 16.3. The lowest BCUT2D eigenvalue weighted by molar-refractivity contribution is -0.147. The molecule has 4 nitrogen and oxygen atoms in total. The van der Waals surface area contributed by atoms with Gasteiger partial charge in [-0.25, -0.2) is 10.4 Å². The van der Waals surface area contributed by atoms with E-state index >= 15 is 0 Å². The number of carbonyl (C=O) groups excluding carboxylic acids is 1. The van der Waals surface area contributed by atoms with Gasteiger partial charge in [-0.1, -0.05) is 27.2 Å². The molecule has 1 amide bonds. The molecule has 0 heterocycles. The molecule has 0 aromatic rings. The Labute approximate surface area is 99.0 Å². The zero-order valence-corrected chi connectivity index (χ0v) is 11.0. The first-order valence-electron chi connectivity index (χ1n) is 6.30. The van der Waals surface area contributed by atoms with Gasteiger partial charge in [0, 0.05) is 13.0 Å². The normalized spacial score (nSPS) is 12.9. The van der Waals surface area contributed by atoms with E-state index in [1.54, 1.807) is 0 Å². The maximum absolute atomic E-state index is 11.4. The SMILES string of the molecule is CCCCC(O)N(NC(CC)CC)C(C)=O. The van der Waals surface area contributed by atoms with E-state index in [1.807, 2.05) is 0 Å². The number of nitrogens with one attached hydrogen (secondary N) is 1. The number of hydrogen-bond donors (Lipinski definition) is 2. The fourth-order valence-electron chi connectivity index (χ4n) is 1.57. The van der Waals surface area contributed by atoms with Crippen LogP contribution in [0.5, 0.6) is 0 Å². The Morgan fingerprint density at radius 2 is 1.88 bits per heavy atom. The van der Waals surface area contributed by atoms with E-state index in [9.17, 15) is 9.90 Å². The Hall–Kier alpha value is -0.610. The summed E-state index contributed by atoms with van der Waals surface area (Å²) in [7, 11) is 0. The maximum atomic E-state index is 11.4. The number of unbranched alkanes of at least 4 members (excludes halogenated alkanes) is 1. The van der Waals surface area contributed by atoms with Crippen LogP contribution in [0.2, 0.25) is 0 Å². The molecule has 96 valence electrons. The molecule has 0 aliphatic carbocycles. The van der Waals surface area contributed by atoms with Gasteiger partial charge in [-0.3, -0.25) is 4.79 Å². The number of hydrazine groups is 1. The summed E-state index contributed by atoms with van der Waals surface area (Å²) in [5.41, 5.74) is 3.10. The molecular weight excluding hydrogens is 204 g/mol. The maximum Gasteiger partial charge on any atom is 0.235 e. The first kappa shape index (κ1) is 15.4. The molecule has 0 aliphatic rings. The molecule has 0 radical (unpaired) electrons. The van der Waals surface area contributed by atoms with Crippen LogP contribution in [0.3, 0.4) is 0 Å². The van der Waals surface area contributed by atoms with Crippen LogP contribution in [0.15, 0.2) is 0 Å². The van der Waals surface area contributed by atoms with E-state index in [2.05, 4.69) is 26.2 Å². The summed E-state index contributed by atoms with van der Waals surface area (Å²) < 4.78 is 0. The van der Waals surface area contributed by atoms with Crippen molar-refractivity contribution in [2.75, 3.05) is 0 Å². The molecule has 0 aromatic carbocycles. The van der Waals surface area contributed by atoms with Crippen molar-refractivity contribution in [3.8, 4) is 0 Å². The number of nitrogens with zero attached hydrogens (tertiary/aromatic N) is 1. The van der Waals surface area contributed by atoms with E-state index in [-0.39, 0.29) is 11.9 Å². The third-order valence-corrected chi connectivity index (χ3v) is 2.76. The molecule has 0 bridgehead atoms. The second kappa shape index (κ2) is 8.53. The number of rotatable bonds is 8. The molecule has 16 heavy (non-hydrogen) atoms. The van der Waals surface area contributed by atoms with Gasteiger partial charge >= 0.3 is 0 Å². The lowest BCUT2D eigenvalue weighted by Gasteiger charge is -2.31. The summed E-state index contributed by atoms with van der Waals surface area (Å²) in [6.07, 6.45) is 3.76. The zero-order valence-electron chi connectivity index (χ0n) is 11.0. The van der Waals surface area contributed by atoms with E-state index in [0.29, 0.717) is 6.42 Å². The summed E-state index contributed by atoms with van der Waals surface area (Å²) >= 11 is 0. The standard InChI is InChI=1S/C12H26N2O2/c1-5-8-9-12(16)14(10(4)15)13-11(6-2)7-3/h11-13,16H,5-9H2,1-4H3. The van der Waals surface area contributed by atoms with E-state index in [0.717, 1.165) is 25.7 Å². The number of aliphatic hydroxyl groups excluding tert-OH is 1. The van der Waals surface area contributed by atoms with Crippen molar-refractivity contribution >= 4 is 5.91 Å². The minimum absolute atomic E-state index is 0.129. The van der Waals surface area contributed by atoms with Crippen molar-refractivity contribution in [1.29, 1.82) is 0 Å². The van der Waals surface area contributed by atoms with Gasteiger partial charge in [0.2, 0.25) is 5.91 Å². The van der Waals surface area contributed by atoms with Gasteiger partial charge in [0.15, 0.2) is 0 Å². The molecular formula is C12H26N2O2. The first-order chi connectivity index (χ1) is 7.56. The second-order valence-corrected chi connectivity index (χ2v) is 4.15. The average Bonchev–Trinajstić information content (AvgIpc) is 2.27. The highest BCUT2D eigenvalue weighted by Crippen LogP contribution is 2.07. The Kier molecular flexibility index (Phi) is 8.21. The van der Waals surface area contributed by atoms with Crippen LogP contribution >= 0.6 is 0 Å². The van der Waals surface area contributed by atoms with Crippen LogP contribution in [0, 0.1) is 0 Å². The smallest absolute Gasteiger partial charge is 0.235 e. The summed E-state index contributed by atoms with van der Waals surface area (Å²) in [5, 5.41) is 11.3. The highest BCUT2D eigenvalue weighted by molar-refractivity contribution is 5.72. The van der Waals surface area contributed by atoms with Gasteiger partial charge in [0.1, 0.15) is 6.23 Å². The topological polar surface area (TPSA) is 52.6 Å². The minimum atomic E-state index is -0.710. The van der Waals surface area contributed by atoms with Crippen LogP contribution in [-0.2, 0) is 4.79 Å². The molecule has 0 saturated heterocycles. The monoisotopic (exact) mass is 230 g/mol. The summed E-state index contributed by atoms with van der Waals surface area (Å²) in [6, 6.07) is 0.250. The second-order valence-electron chi connectivity index (χ2n) is 4.15. The number of carbonyl (C=O) groups is 1. The molecule has 0 aliphatic heterocycles. The zero-order chi connectivity index (χ0) is 12.6. The van der Waals surface area contributed by atoms with Crippen LogP contribution in [0.25, 0.3) is 0 Å². The Morgan fingerprint density at radius 1 is 1.31 bits per heavy atom. The van der Waals surface area contributed by atoms with Gasteiger partial charge in [-0.15, -0.1) is 0 Å². The lowest BCUT2D eigenvalue weighted by atomic mass is 10.2. The fourth-order valence-corrected chi connectivity index (χ4v) is 1.57. The average molecular weight is 230 g/mol. The quantitative estimate of drug-likeness (QED) is 0.495. The molecule has 0 spiro atoms. The number of amides is 1. The summed E-state index contributed by atoms with van der Waals surface area (Å²) in [6.45, 7) is 7.68. The third-order valence-electron chi connectivity index (χ3n) is 2.76. The van der Waals surface area contributed by atoms with Gasteiger partial charge in [-0.2, -0.15) is 0 Å². The Morgan fingerprint density at radius 3 is 2.25 bits per heavy atom. The molecule has 0 rings (SSSR count). The van der Waals surface area contributed by atoms with E-state index < -0.39 is 6.23 Å². The molecule has 4 heteroatoms.